The molecule has 1 aromatic heterocycles. The van der Waals surface area contributed by atoms with E-state index in [4.69, 9.17) is 11.6 Å². The quantitative estimate of drug-likeness (QED) is 0.353. The van der Waals surface area contributed by atoms with Gasteiger partial charge in [-0.2, -0.15) is 0 Å². The fourth-order valence-corrected chi connectivity index (χ4v) is 4.47. The topological polar surface area (TPSA) is 91.1 Å². The molecule has 1 aliphatic rings. The van der Waals surface area contributed by atoms with Gasteiger partial charge in [-0.25, -0.2) is 0 Å². The zero-order valence-electron chi connectivity index (χ0n) is 18.7. The van der Waals surface area contributed by atoms with E-state index in [-0.39, 0.29) is 34.7 Å². The summed E-state index contributed by atoms with van der Waals surface area (Å²) >= 11 is 6.20. The molecular formula is C28H22ClN3O3. The van der Waals surface area contributed by atoms with Gasteiger partial charge in [-0.05, 0) is 35.7 Å². The summed E-state index contributed by atoms with van der Waals surface area (Å²) in [5.41, 5.74) is 4.37. The normalized spacial score (nSPS) is 13.2. The summed E-state index contributed by atoms with van der Waals surface area (Å²) in [6, 6.07) is 21.8. The third-order valence-electron chi connectivity index (χ3n) is 6.10. The van der Waals surface area contributed by atoms with Gasteiger partial charge in [0, 0.05) is 46.9 Å². The van der Waals surface area contributed by atoms with Crippen molar-refractivity contribution in [3.63, 3.8) is 0 Å². The van der Waals surface area contributed by atoms with Crippen LogP contribution in [0.15, 0.2) is 89.7 Å². The second-order valence-corrected chi connectivity index (χ2v) is 8.69. The van der Waals surface area contributed by atoms with E-state index in [2.05, 4.69) is 21.7 Å². The summed E-state index contributed by atoms with van der Waals surface area (Å²) < 4.78 is 0. The predicted octanol–water partition coefficient (Wildman–Crippen LogP) is 4.76. The van der Waals surface area contributed by atoms with Crippen molar-refractivity contribution in [2.24, 2.45) is 0 Å². The van der Waals surface area contributed by atoms with E-state index in [1.54, 1.807) is 48.5 Å². The highest BCUT2D eigenvalue weighted by Crippen LogP contribution is 2.27. The number of aromatic nitrogens is 1. The van der Waals surface area contributed by atoms with Crippen molar-refractivity contribution in [2.75, 3.05) is 6.54 Å². The van der Waals surface area contributed by atoms with Crippen molar-refractivity contribution in [3.05, 3.63) is 118 Å². The number of hydrogen-bond donors (Lipinski definition) is 3. The highest BCUT2D eigenvalue weighted by Gasteiger charge is 2.30. The lowest BCUT2D eigenvalue weighted by atomic mass is 9.92. The summed E-state index contributed by atoms with van der Waals surface area (Å²) in [5, 5.41) is 7.00. The number of hydrogen-bond acceptors (Lipinski definition) is 4. The third kappa shape index (κ3) is 4.48. The van der Waals surface area contributed by atoms with Gasteiger partial charge in [-0.3, -0.25) is 14.4 Å². The van der Waals surface area contributed by atoms with Crippen LogP contribution in [0.3, 0.4) is 0 Å². The number of fused-ring (bicyclic) bond motifs is 2. The SMILES string of the molecule is O=C(NCCc1c[nH]c2ccccc12)c1ccc(CNC2=C(Cl)C(=O)c3ccccc3C2=O)cc1. The largest absolute Gasteiger partial charge is 0.376 e. The second-order valence-electron chi connectivity index (χ2n) is 8.31. The number of aromatic amines is 1. The van der Waals surface area contributed by atoms with Gasteiger partial charge >= 0.3 is 0 Å². The number of Topliss-reactive ketones (excluding diaryl/α,β-unsaturated/α-hetero) is 2. The molecule has 1 heterocycles. The van der Waals surface area contributed by atoms with Crippen LogP contribution in [0.25, 0.3) is 10.9 Å². The van der Waals surface area contributed by atoms with Gasteiger partial charge in [-0.15, -0.1) is 0 Å². The van der Waals surface area contributed by atoms with Gasteiger partial charge in [0.2, 0.25) is 11.6 Å². The van der Waals surface area contributed by atoms with Gasteiger partial charge in [-0.1, -0.05) is 66.2 Å². The average molecular weight is 484 g/mol. The zero-order valence-corrected chi connectivity index (χ0v) is 19.5. The summed E-state index contributed by atoms with van der Waals surface area (Å²) in [5.74, 6) is -0.833. The Kier molecular flexibility index (Phi) is 6.21. The van der Waals surface area contributed by atoms with Crippen LogP contribution in [0.4, 0.5) is 0 Å². The number of carbonyl (C=O) groups excluding carboxylic acids is 3. The van der Waals surface area contributed by atoms with E-state index in [0.717, 1.165) is 28.5 Å². The summed E-state index contributed by atoms with van der Waals surface area (Å²) in [4.78, 5) is 41.1. The van der Waals surface area contributed by atoms with Gasteiger partial charge in [0.25, 0.3) is 5.91 Å². The fraction of sp³-hybridized carbons (Fsp3) is 0.107. The summed E-state index contributed by atoms with van der Waals surface area (Å²) in [7, 11) is 0. The number of benzene rings is 3. The maximum atomic E-state index is 12.8. The van der Waals surface area contributed by atoms with Crippen molar-refractivity contribution in [1.29, 1.82) is 0 Å². The minimum atomic E-state index is -0.371. The highest BCUT2D eigenvalue weighted by atomic mass is 35.5. The molecular weight excluding hydrogens is 462 g/mol. The van der Waals surface area contributed by atoms with E-state index in [1.807, 2.05) is 24.4 Å². The first-order valence-corrected chi connectivity index (χ1v) is 11.6. The second kappa shape index (κ2) is 9.60. The Morgan fingerprint density at radius 2 is 1.54 bits per heavy atom. The molecule has 0 saturated heterocycles. The molecule has 0 spiro atoms. The molecule has 0 aliphatic heterocycles. The lowest BCUT2D eigenvalue weighted by Gasteiger charge is -2.19. The third-order valence-corrected chi connectivity index (χ3v) is 6.46. The molecule has 0 saturated carbocycles. The maximum Gasteiger partial charge on any atom is 0.251 e. The molecule has 0 unspecified atom stereocenters. The monoisotopic (exact) mass is 483 g/mol. The average Bonchev–Trinajstić information content (AvgIpc) is 3.31. The standard InChI is InChI=1S/C28H22ClN3O3/c29-24-25(27(34)22-7-2-1-6-21(22)26(24)33)32-15-17-9-11-18(12-10-17)28(35)30-14-13-19-16-31-23-8-4-3-5-20(19)23/h1-12,16,31-32H,13-15H2,(H,30,35). The van der Waals surface area contributed by atoms with E-state index < -0.39 is 0 Å². The van der Waals surface area contributed by atoms with Gasteiger partial charge in [0.1, 0.15) is 10.7 Å². The van der Waals surface area contributed by atoms with Crippen LogP contribution in [0.1, 0.15) is 42.2 Å². The van der Waals surface area contributed by atoms with Crippen LogP contribution < -0.4 is 10.6 Å². The van der Waals surface area contributed by atoms with Crippen molar-refractivity contribution < 1.29 is 14.4 Å². The molecule has 5 rings (SSSR count). The molecule has 0 atom stereocenters. The Morgan fingerprint density at radius 1 is 0.857 bits per heavy atom. The number of allylic oxidation sites excluding steroid dienone is 2. The highest BCUT2D eigenvalue weighted by molar-refractivity contribution is 6.49. The van der Waals surface area contributed by atoms with Crippen molar-refractivity contribution in [3.8, 4) is 0 Å². The van der Waals surface area contributed by atoms with E-state index >= 15 is 0 Å². The molecule has 174 valence electrons. The number of amides is 1. The molecule has 1 aliphatic carbocycles. The Morgan fingerprint density at radius 3 is 2.31 bits per heavy atom. The van der Waals surface area contributed by atoms with E-state index in [1.165, 1.54) is 0 Å². The molecule has 3 aromatic carbocycles. The first-order chi connectivity index (χ1) is 17.0. The fourth-order valence-electron chi connectivity index (χ4n) is 4.22. The van der Waals surface area contributed by atoms with Crippen LogP contribution >= 0.6 is 11.6 Å². The van der Waals surface area contributed by atoms with E-state index in [0.29, 0.717) is 23.2 Å². The number of para-hydroxylation sites is 1. The van der Waals surface area contributed by atoms with Crippen molar-refractivity contribution in [2.45, 2.75) is 13.0 Å². The molecule has 3 N–H and O–H groups in total. The molecule has 1 amide bonds. The Bertz CT molecular complexity index is 1480. The number of rotatable bonds is 7. The van der Waals surface area contributed by atoms with Crippen molar-refractivity contribution >= 4 is 40.0 Å². The minimum Gasteiger partial charge on any atom is -0.376 e. The number of H-pyrrole nitrogens is 1. The van der Waals surface area contributed by atoms with Gasteiger partial charge < -0.3 is 15.6 Å². The van der Waals surface area contributed by atoms with Crippen LogP contribution in [0, 0.1) is 0 Å². The molecule has 35 heavy (non-hydrogen) atoms. The summed E-state index contributed by atoms with van der Waals surface area (Å²) in [6.07, 6.45) is 2.70. The number of carbonyl (C=O) groups is 3. The van der Waals surface area contributed by atoms with E-state index in [9.17, 15) is 14.4 Å². The molecule has 7 heteroatoms. The molecule has 0 bridgehead atoms. The predicted molar refractivity (Wildman–Crippen MR) is 136 cm³/mol. The van der Waals surface area contributed by atoms with Crippen LogP contribution in [0.2, 0.25) is 0 Å². The minimum absolute atomic E-state index is 0.0921. The van der Waals surface area contributed by atoms with Crippen LogP contribution in [-0.4, -0.2) is 29.0 Å². The summed E-state index contributed by atoms with van der Waals surface area (Å²) in [6.45, 7) is 0.809. The van der Waals surface area contributed by atoms with Gasteiger partial charge in [0.15, 0.2) is 0 Å². The molecule has 6 nitrogen and oxygen atoms in total. The van der Waals surface area contributed by atoms with Crippen molar-refractivity contribution in [1.82, 2.24) is 15.6 Å². The smallest absolute Gasteiger partial charge is 0.251 e. The lowest BCUT2D eigenvalue weighted by Crippen LogP contribution is -2.29. The molecule has 4 aromatic rings. The number of halogens is 1. The lowest BCUT2D eigenvalue weighted by molar-refractivity contribution is 0.0953. The maximum absolute atomic E-state index is 12.8. The molecule has 0 radical (unpaired) electrons. The number of nitrogens with one attached hydrogen (secondary N) is 3. The first-order valence-electron chi connectivity index (χ1n) is 11.3. The number of ketones is 2. The Labute approximate surface area is 207 Å². The van der Waals surface area contributed by atoms with Gasteiger partial charge in [0.05, 0.1) is 0 Å². The van der Waals surface area contributed by atoms with Crippen LogP contribution in [0.5, 0.6) is 0 Å². The Balaban J connectivity index is 1.18. The first kappa shape index (κ1) is 22.6. The zero-order chi connectivity index (χ0) is 24.4. The molecule has 0 fully saturated rings. The Hall–Kier alpha value is -4.16. The van der Waals surface area contributed by atoms with Crippen LogP contribution in [-0.2, 0) is 13.0 Å².